The van der Waals surface area contributed by atoms with Gasteiger partial charge in [-0.25, -0.2) is 0 Å². The highest BCUT2D eigenvalue weighted by Gasteiger charge is 2.55. The molecule has 1 amide bonds. The Kier molecular flexibility index (Phi) is 4.63. The molecule has 3 aliphatic rings. The topological polar surface area (TPSA) is 92.7 Å². The van der Waals surface area contributed by atoms with Gasteiger partial charge in [-0.05, 0) is 29.2 Å². The molecule has 0 fully saturated rings. The molecule has 144 valence electrons. The number of carbonyl (C=O) groups is 3. The fourth-order valence-corrected chi connectivity index (χ4v) is 4.78. The van der Waals surface area contributed by atoms with Crippen LogP contribution in [-0.2, 0) is 19.1 Å². The third-order valence-corrected chi connectivity index (χ3v) is 5.74. The van der Waals surface area contributed by atoms with Gasteiger partial charge in [0.25, 0.3) is 0 Å². The summed E-state index contributed by atoms with van der Waals surface area (Å²) in [6, 6.07) is 15.4. The van der Waals surface area contributed by atoms with Crippen LogP contribution in [0.2, 0.25) is 0 Å². The lowest BCUT2D eigenvalue weighted by Gasteiger charge is -2.48. The van der Waals surface area contributed by atoms with Gasteiger partial charge in [0.2, 0.25) is 5.91 Å². The van der Waals surface area contributed by atoms with Crippen LogP contribution in [0.15, 0.2) is 48.5 Å². The molecule has 2 aromatic rings. The van der Waals surface area contributed by atoms with E-state index in [4.69, 9.17) is 4.74 Å². The second kappa shape index (κ2) is 7.11. The first-order valence-corrected chi connectivity index (χ1v) is 9.38. The number of carboxylic acid groups (broad SMARTS) is 1. The van der Waals surface area contributed by atoms with Gasteiger partial charge in [-0.3, -0.25) is 14.4 Å². The Balaban J connectivity index is 1.78. The molecule has 2 bridgehead atoms. The van der Waals surface area contributed by atoms with Gasteiger partial charge in [0.15, 0.2) is 0 Å². The molecule has 6 nitrogen and oxygen atoms in total. The van der Waals surface area contributed by atoms with E-state index in [9.17, 15) is 19.5 Å². The molecule has 2 unspecified atom stereocenters. The Bertz CT molecular complexity index is 906. The number of fused-ring (bicyclic) bond motifs is 1. The maximum absolute atomic E-state index is 13.0. The van der Waals surface area contributed by atoms with Crippen LogP contribution in [0, 0.1) is 11.8 Å². The minimum absolute atomic E-state index is 0.224. The smallest absolute Gasteiger partial charge is 0.325 e. The summed E-state index contributed by atoms with van der Waals surface area (Å²) in [5.74, 6) is -4.41. The number of amides is 1. The minimum Gasteiger partial charge on any atom is -0.481 e. The van der Waals surface area contributed by atoms with Crippen LogP contribution < -0.4 is 5.32 Å². The molecule has 2 N–H and O–H groups in total. The predicted octanol–water partition coefficient (Wildman–Crippen LogP) is 2.27. The van der Waals surface area contributed by atoms with E-state index in [0.29, 0.717) is 0 Å². The molecule has 5 rings (SSSR count). The van der Waals surface area contributed by atoms with E-state index >= 15 is 0 Å². The molecule has 0 aliphatic heterocycles. The van der Waals surface area contributed by atoms with Gasteiger partial charge in [0.1, 0.15) is 6.54 Å². The molecule has 3 aliphatic carbocycles. The average Bonchev–Trinajstić information content (AvgIpc) is 2.71. The maximum Gasteiger partial charge on any atom is 0.325 e. The summed E-state index contributed by atoms with van der Waals surface area (Å²) in [6.45, 7) is 1.64. The monoisotopic (exact) mass is 379 g/mol. The summed E-state index contributed by atoms with van der Waals surface area (Å²) in [7, 11) is 0. The minimum atomic E-state index is -1.00. The molecule has 6 heteroatoms. The molecule has 2 atom stereocenters. The van der Waals surface area contributed by atoms with E-state index in [2.05, 4.69) is 5.32 Å². The van der Waals surface area contributed by atoms with Gasteiger partial charge in [-0.1, -0.05) is 48.5 Å². The Morgan fingerprint density at radius 2 is 1.36 bits per heavy atom. The maximum atomic E-state index is 13.0. The zero-order chi connectivity index (χ0) is 19.8. The highest BCUT2D eigenvalue weighted by molar-refractivity contribution is 5.91. The van der Waals surface area contributed by atoms with Crippen LogP contribution in [-0.4, -0.2) is 36.1 Å². The first-order valence-electron chi connectivity index (χ1n) is 9.38. The van der Waals surface area contributed by atoms with Gasteiger partial charge in [-0.15, -0.1) is 0 Å². The molecule has 2 aromatic carbocycles. The summed E-state index contributed by atoms with van der Waals surface area (Å²) in [5.41, 5.74) is 3.90. The number of aliphatic carboxylic acids is 1. The lowest BCUT2D eigenvalue weighted by molar-refractivity contribution is -0.150. The van der Waals surface area contributed by atoms with Crippen LogP contribution in [0.4, 0.5) is 0 Å². The van der Waals surface area contributed by atoms with Crippen molar-refractivity contribution in [1.29, 1.82) is 0 Å². The van der Waals surface area contributed by atoms with E-state index in [-0.39, 0.29) is 19.1 Å². The summed E-state index contributed by atoms with van der Waals surface area (Å²) in [4.78, 5) is 36.9. The van der Waals surface area contributed by atoms with Crippen molar-refractivity contribution < 1.29 is 24.2 Å². The van der Waals surface area contributed by atoms with E-state index in [0.717, 1.165) is 22.3 Å². The molecule has 0 saturated carbocycles. The molecule has 0 heterocycles. The Hall–Kier alpha value is -3.15. The highest BCUT2D eigenvalue weighted by atomic mass is 16.5. The van der Waals surface area contributed by atoms with E-state index in [1.165, 1.54) is 0 Å². The lowest BCUT2D eigenvalue weighted by atomic mass is 9.54. The van der Waals surface area contributed by atoms with E-state index in [1.807, 2.05) is 48.5 Å². The van der Waals surface area contributed by atoms with Crippen molar-refractivity contribution in [2.75, 3.05) is 13.2 Å². The predicted molar refractivity (Wildman–Crippen MR) is 101 cm³/mol. The van der Waals surface area contributed by atoms with Crippen molar-refractivity contribution in [2.45, 2.75) is 18.8 Å². The molecule has 0 radical (unpaired) electrons. The fourth-order valence-electron chi connectivity index (χ4n) is 4.78. The number of rotatable bonds is 5. The third kappa shape index (κ3) is 2.76. The number of nitrogens with one attached hydrogen (secondary N) is 1. The number of ether oxygens (including phenoxy) is 1. The first kappa shape index (κ1) is 18.2. The van der Waals surface area contributed by atoms with Crippen LogP contribution in [0.3, 0.4) is 0 Å². The molecule has 28 heavy (non-hydrogen) atoms. The fraction of sp³-hybridized carbons (Fsp3) is 0.318. The SMILES string of the molecule is CCOC(=O)CNC(=O)C1C2c3ccccc3C(c3ccccc32)C1C(=O)O. The van der Waals surface area contributed by atoms with Crippen molar-refractivity contribution in [3.05, 3.63) is 70.8 Å². The normalized spacial score (nSPS) is 24.0. The average molecular weight is 379 g/mol. The summed E-state index contributed by atoms with van der Waals surface area (Å²) in [6.07, 6.45) is 0. The Morgan fingerprint density at radius 3 is 1.79 bits per heavy atom. The van der Waals surface area contributed by atoms with Crippen molar-refractivity contribution in [3.63, 3.8) is 0 Å². The van der Waals surface area contributed by atoms with Crippen molar-refractivity contribution >= 4 is 17.8 Å². The van der Waals surface area contributed by atoms with Gasteiger partial charge in [0.05, 0.1) is 18.4 Å². The number of hydrogen-bond donors (Lipinski definition) is 2. The van der Waals surface area contributed by atoms with Crippen LogP contribution in [0.5, 0.6) is 0 Å². The summed E-state index contributed by atoms with van der Waals surface area (Å²) >= 11 is 0. The van der Waals surface area contributed by atoms with Crippen molar-refractivity contribution in [3.8, 4) is 0 Å². The summed E-state index contributed by atoms with van der Waals surface area (Å²) in [5, 5.41) is 12.6. The second-order valence-corrected chi connectivity index (χ2v) is 7.13. The standard InChI is InChI=1S/C22H21NO5/c1-2-28-16(24)11-23-21(25)19-17-12-7-3-5-9-14(12)18(20(19)22(26)27)15-10-6-4-8-13(15)17/h3-10,17-20H,2,11H2,1H3,(H,23,25)(H,26,27). The first-order chi connectivity index (χ1) is 13.5. The number of benzene rings is 2. The van der Waals surface area contributed by atoms with Crippen LogP contribution in [0.25, 0.3) is 0 Å². The van der Waals surface area contributed by atoms with Crippen molar-refractivity contribution in [2.24, 2.45) is 11.8 Å². The number of carboxylic acids is 1. The zero-order valence-corrected chi connectivity index (χ0v) is 15.4. The van der Waals surface area contributed by atoms with Gasteiger partial charge < -0.3 is 15.2 Å². The molecule has 0 saturated heterocycles. The largest absolute Gasteiger partial charge is 0.481 e. The second-order valence-electron chi connectivity index (χ2n) is 7.13. The van der Waals surface area contributed by atoms with Crippen molar-refractivity contribution in [1.82, 2.24) is 5.32 Å². The Morgan fingerprint density at radius 1 is 0.893 bits per heavy atom. The number of carbonyl (C=O) groups excluding carboxylic acids is 2. The number of hydrogen-bond acceptors (Lipinski definition) is 4. The van der Waals surface area contributed by atoms with Crippen LogP contribution in [0.1, 0.15) is 41.0 Å². The molecular weight excluding hydrogens is 358 g/mol. The number of esters is 1. The summed E-state index contributed by atoms with van der Waals surface area (Å²) < 4.78 is 4.86. The molecular formula is C22H21NO5. The quantitative estimate of drug-likeness (QED) is 0.778. The van der Waals surface area contributed by atoms with Crippen LogP contribution >= 0.6 is 0 Å². The van der Waals surface area contributed by atoms with E-state index < -0.39 is 35.6 Å². The lowest BCUT2D eigenvalue weighted by Crippen LogP contribution is -2.50. The zero-order valence-electron chi connectivity index (χ0n) is 15.4. The Labute approximate surface area is 162 Å². The highest BCUT2D eigenvalue weighted by Crippen LogP contribution is 2.58. The van der Waals surface area contributed by atoms with Gasteiger partial charge in [-0.2, -0.15) is 0 Å². The molecule has 0 aromatic heterocycles. The third-order valence-electron chi connectivity index (χ3n) is 5.74. The molecule has 0 spiro atoms. The van der Waals surface area contributed by atoms with Gasteiger partial charge in [0, 0.05) is 11.8 Å². The van der Waals surface area contributed by atoms with E-state index in [1.54, 1.807) is 6.92 Å². The van der Waals surface area contributed by atoms with Gasteiger partial charge >= 0.3 is 11.9 Å².